The van der Waals surface area contributed by atoms with Crippen LogP contribution in [0.25, 0.3) is 22.3 Å². The minimum atomic E-state index is 0.564. The molecule has 0 bridgehead atoms. The van der Waals surface area contributed by atoms with E-state index in [-0.39, 0.29) is 0 Å². The van der Waals surface area contributed by atoms with E-state index in [1.807, 2.05) is 24.4 Å². The van der Waals surface area contributed by atoms with E-state index in [1.54, 1.807) is 6.20 Å². The number of anilines is 1. The average molecular weight is 334 g/mol. The maximum Gasteiger partial charge on any atom is 0.163 e. The van der Waals surface area contributed by atoms with Crippen molar-refractivity contribution in [2.45, 2.75) is 27.7 Å². The molecule has 3 aromatic rings. The van der Waals surface area contributed by atoms with Crippen molar-refractivity contribution in [3.63, 3.8) is 0 Å². The molecule has 3 rings (SSSR count). The Morgan fingerprint density at radius 1 is 0.880 bits per heavy atom. The number of pyridine rings is 1. The fraction of sp³-hybridized carbons (Fsp3) is 0.381. The Kier molecular flexibility index (Phi) is 5.27. The van der Waals surface area contributed by atoms with Crippen LogP contribution in [0.1, 0.15) is 27.7 Å². The van der Waals surface area contributed by atoms with Gasteiger partial charge in [-0.25, -0.2) is 9.97 Å². The van der Waals surface area contributed by atoms with Crippen LogP contribution in [-0.4, -0.2) is 28.0 Å². The van der Waals surface area contributed by atoms with Crippen molar-refractivity contribution in [1.29, 1.82) is 0 Å². The summed E-state index contributed by atoms with van der Waals surface area (Å²) in [7, 11) is 0. The molecule has 4 heteroatoms. The van der Waals surface area contributed by atoms with Crippen LogP contribution in [-0.2, 0) is 0 Å². The first-order valence-corrected chi connectivity index (χ1v) is 8.96. The first-order valence-electron chi connectivity index (χ1n) is 8.96. The maximum absolute atomic E-state index is 4.95. The molecule has 1 aromatic carbocycles. The predicted molar refractivity (Wildman–Crippen MR) is 105 cm³/mol. The Bertz CT molecular complexity index is 818. The van der Waals surface area contributed by atoms with Gasteiger partial charge in [0.1, 0.15) is 5.82 Å². The highest BCUT2D eigenvalue weighted by molar-refractivity contribution is 5.91. The number of aromatic nitrogens is 3. The van der Waals surface area contributed by atoms with Gasteiger partial charge in [-0.15, -0.1) is 0 Å². The monoisotopic (exact) mass is 334 g/mol. The quantitative estimate of drug-likeness (QED) is 0.649. The van der Waals surface area contributed by atoms with Gasteiger partial charge in [0, 0.05) is 36.4 Å². The van der Waals surface area contributed by atoms with Gasteiger partial charge in [0.25, 0.3) is 0 Å². The molecule has 0 aliphatic rings. The summed E-state index contributed by atoms with van der Waals surface area (Å²) < 4.78 is 0. The van der Waals surface area contributed by atoms with Crippen molar-refractivity contribution in [1.82, 2.24) is 15.0 Å². The molecule has 2 heterocycles. The van der Waals surface area contributed by atoms with Crippen LogP contribution in [0.2, 0.25) is 0 Å². The third kappa shape index (κ3) is 4.13. The molecule has 2 aromatic heterocycles. The lowest BCUT2D eigenvalue weighted by molar-refractivity contribution is 0.550. The zero-order valence-electron chi connectivity index (χ0n) is 15.5. The minimum absolute atomic E-state index is 0.564. The van der Waals surface area contributed by atoms with Crippen molar-refractivity contribution in [2.75, 3.05) is 18.0 Å². The topological polar surface area (TPSA) is 41.9 Å². The number of hydrogen-bond acceptors (Lipinski definition) is 4. The van der Waals surface area contributed by atoms with E-state index in [2.05, 4.69) is 55.8 Å². The number of fused-ring (bicyclic) bond motifs is 1. The summed E-state index contributed by atoms with van der Waals surface area (Å²) in [6.45, 7) is 11.0. The molecule has 130 valence electrons. The van der Waals surface area contributed by atoms with E-state index in [0.29, 0.717) is 11.8 Å². The van der Waals surface area contributed by atoms with Crippen molar-refractivity contribution in [2.24, 2.45) is 11.8 Å². The predicted octanol–water partition coefficient (Wildman–Crippen LogP) is 4.81. The second-order valence-electron chi connectivity index (χ2n) is 7.32. The molecule has 0 saturated carbocycles. The standard InChI is InChI=1S/C21H26N4/c1-15(2)13-25(14-16(3)4)21-18-9-5-6-10-19(18)23-20(24-21)17-8-7-11-22-12-17/h5-12,15-16H,13-14H2,1-4H3. The van der Waals surface area contributed by atoms with E-state index in [4.69, 9.17) is 9.97 Å². The number of rotatable bonds is 6. The van der Waals surface area contributed by atoms with Gasteiger partial charge in [-0.1, -0.05) is 39.8 Å². The fourth-order valence-electron chi connectivity index (χ4n) is 3.05. The first-order chi connectivity index (χ1) is 12.0. The van der Waals surface area contributed by atoms with Gasteiger partial charge >= 0.3 is 0 Å². The molecule has 0 unspecified atom stereocenters. The fourth-order valence-corrected chi connectivity index (χ4v) is 3.05. The van der Waals surface area contributed by atoms with Crippen LogP contribution < -0.4 is 4.90 Å². The summed E-state index contributed by atoms with van der Waals surface area (Å²) in [5, 5.41) is 1.11. The lowest BCUT2D eigenvalue weighted by Gasteiger charge is -2.28. The van der Waals surface area contributed by atoms with Crippen LogP contribution in [0, 0.1) is 11.8 Å². The average Bonchev–Trinajstić information content (AvgIpc) is 2.60. The molecular weight excluding hydrogens is 308 g/mol. The van der Waals surface area contributed by atoms with Crippen molar-refractivity contribution in [3.05, 3.63) is 48.8 Å². The SMILES string of the molecule is CC(C)CN(CC(C)C)c1nc(-c2cccnc2)nc2ccccc12. The molecule has 0 aliphatic carbocycles. The molecule has 0 aliphatic heterocycles. The Hall–Kier alpha value is -2.49. The van der Waals surface area contributed by atoms with Gasteiger partial charge in [-0.3, -0.25) is 4.98 Å². The largest absolute Gasteiger partial charge is 0.355 e. The molecule has 0 radical (unpaired) electrons. The molecule has 0 spiro atoms. The van der Waals surface area contributed by atoms with Crippen LogP contribution in [0.5, 0.6) is 0 Å². The van der Waals surface area contributed by atoms with E-state index in [1.165, 1.54) is 0 Å². The molecule has 25 heavy (non-hydrogen) atoms. The van der Waals surface area contributed by atoms with E-state index < -0.39 is 0 Å². The molecule has 0 amide bonds. The van der Waals surface area contributed by atoms with Crippen LogP contribution >= 0.6 is 0 Å². The second kappa shape index (κ2) is 7.60. The Balaban J connectivity index is 2.17. The highest BCUT2D eigenvalue weighted by atomic mass is 15.2. The van der Waals surface area contributed by atoms with Crippen LogP contribution in [0.3, 0.4) is 0 Å². The lowest BCUT2D eigenvalue weighted by Crippen LogP contribution is -2.32. The normalized spacial score (nSPS) is 11.4. The van der Waals surface area contributed by atoms with Crippen molar-refractivity contribution < 1.29 is 0 Å². The Morgan fingerprint density at radius 3 is 2.24 bits per heavy atom. The molecule has 0 N–H and O–H groups in total. The van der Waals surface area contributed by atoms with E-state index >= 15 is 0 Å². The summed E-state index contributed by atoms with van der Waals surface area (Å²) >= 11 is 0. The zero-order valence-corrected chi connectivity index (χ0v) is 15.5. The molecule has 0 saturated heterocycles. The van der Waals surface area contributed by atoms with Crippen molar-refractivity contribution >= 4 is 16.7 Å². The van der Waals surface area contributed by atoms with E-state index in [9.17, 15) is 0 Å². The van der Waals surface area contributed by atoms with Gasteiger partial charge in [0.2, 0.25) is 0 Å². The highest BCUT2D eigenvalue weighted by Crippen LogP contribution is 2.28. The van der Waals surface area contributed by atoms with Gasteiger partial charge in [0.05, 0.1) is 5.52 Å². The Labute approximate surface area is 150 Å². The summed E-state index contributed by atoms with van der Waals surface area (Å²) in [5.74, 6) is 2.88. The number of hydrogen-bond donors (Lipinski definition) is 0. The number of para-hydroxylation sites is 1. The molecule has 0 fully saturated rings. The Morgan fingerprint density at radius 2 is 1.60 bits per heavy atom. The second-order valence-corrected chi connectivity index (χ2v) is 7.32. The minimum Gasteiger partial charge on any atom is -0.355 e. The first kappa shape index (κ1) is 17.3. The van der Waals surface area contributed by atoms with Crippen molar-refractivity contribution in [3.8, 4) is 11.4 Å². The third-order valence-electron chi connectivity index (χ3n) is 3.97. The van der Waals surface area contributed by atoms with Gasteiger partial charge in [-0.05, 0) is 36.1 Å². The maximum atomic E-state index is 4.95. The summed E-state index contributed by atoms with van der Waals surface area (Å²) in [6.07, 6.45) is 3.60. The summed E-state index contributed by atoms with van der Waals surface area (Å²) in [5.41, 5.74) is 1.92. The van der Waals surface area contributed by atoms with Gasteiger partial charge in [-0.2, -0.15) is 0 Å². The van der Waals surface area contributed by atoms with E-state index in [0.717, 1.165) is 41.2 Å². The zero-order chi connectivity index (χ0) is 17.8. The highest BCUT2D eigenvalue weighted by Gasteiger charge is 2.17. The van der Waals surface area contributed by atoms with Crippen LogP contribution in [0.15, 0.2) is 48.8 Å². The summed E-state index contributed by atoms with van der Waals surface area (Å²) in [6, 6.07) is 12.2. The molecule has 4 nitrogen and oxygen atoms in total. The number of nitrogens with zero attached hydrogens (tertiary/aromatic N) is 4. The molecule has 0 atom stereocenters. The summed E-state index contributed by atoms with van der Waals surface area (Å²) in [4.78, 5) is 16.3. The van der Waals surface area contributed by atoms with Crippen LogP contribution in [0.4, 0.5) is 5.82 Å². The number of benzene rings is 1. The lowest BCUT2D eigenvalue weighted by atomic mass is 10.1. The molecular formula is C21H26N4. The smallest absolute Gasteiger partial charge is 0.163 e. The van der Waals surface area contributed by atoms with Gasteiger partial charge in [0.15, 0.2) is 5.82 Å². The third-order valence-corrected chi connectivity index (χ3v) is 3.97. The van der Waals surface area contributed by atoms with Gasteiger partial charge < -0.3 is 4.90 Å².